The first-order chi connectivity index (χ1) is 8.84. The topological polar surface area (TPSA) is 61.4 Å². The zero-order valence-electron chi connectivity index (χ0n) is 9.87. The quantitative estimate of drug-likeness (QED) is 0.775. The first-order valence-electron chi connectivity index (χ1n) is 5.77. The summed E-state index contributed by atoms with van der Waals surface area (Å²) in [6, 6.07) is 3.72. The zero-order valence-corrected chi connectivity index (χ0v) is 9.87. The molecule has 104 valence electrons. The summed E-state index contributed by atoms with van der Waals surface area (Å²) >= 11 is 0. The number of amides is 2. The number of halogens is 3. The van der Waals surface area contributed by atoms with Crippen LogP contribution in [0.2, 0.25) is 0 Å². The second-order valence-corrected chi connectivity index (χ2v) is 4.50. The van der Waals surface area contributed by atoms with Gasteiger partial charge in [0.25, 0.3) is 0 Å². The fourth-order valence-corrected chi connectivity index (χ4v) is 1.83. The second-order valence-electron chi connectivity index (χ2n) is 4.50. The minimum Gasteiger partial charge on any atom is -0.393 e. The molecule has 0 bridgehead atoms. The van der Waals surface area contributed by atoms with Crippen LogP contribution >= 0.6 is 0 Å². The molecule has 1 saturated carbocycles. The number of hydrogen-bond donors (Lipinski definition) is 3. The van der Waals surface area contributed by atoms with Gasteiger partial charge in [-0.15, -0.1) is 0 Å². The molecular weight excluding hydrogens is 261 g/mol. The van der Waals surface area contributed by atoms with Gasteiger partial charge in [0.2, 0.25) is 0 Å². The summed E-state index contributed by atoms with van der Waals surface area (Å²) in [5, 5.41) is 13.9. The average molecular weight is 274 g/mol. The van der Waals surface area contributed by atoms with E-state index in [0.29, 0.717) is 12.8 Å². The van der Waals surface area contributed by atoms with Gasteiger partial charge in [0.1, 0.15) is 0 Å². The van der Waals surface area contributed by atoms with Crippen molar-refractivity contribution in [3.8, 4) is 0 Å². The number of anilines is 1. The number of carbonyl (C=O) groups is 1. The number of rotatable bonds is 2. The maximum absolute atomic E-state index is 12.5. The van der Waals surface area contributed by atoms with Gasteiger partial charge in [0.15, 0.2) is 0 Å². The molecule has 1 aromatic rings. The van der Waals surface area contributed by atoms with Gasteiger partial charge in [-0.2, -0.15) is 13.2 Å². The number of urea groups is 1. The summed E-state index contributed by atoms with van der Waals surface area (Å²) in [5.74, 6) is 0. The number of benzene rings is 1. The molecule has 1 fully saturated rings. The molecule has 3 N–H and O–H groups in total. The zero-order chi connectivity index (χ0) is 14.0. The molecule has 0 unspecified atom stereocenters. The molecule has 0 aromatic heterocycles. The minimum atomic E-state index is -4.44. The Morgan fingerprint density at radius 3 is 2.58 bits per heavy atom. The number of alkyl halides is 3. The maximum Gasteiger partial charge on any atom is 0.416 e. The van der Waals surface area contributed by atoms with E-state index in [1.807, 2.05) is 0 Å². The Morgan fingerprint density at radius 1 is 1.32 bits per heavy atom. The highest BCUT2D eigenvalue weighted by molar-refractivity contribution is 5.89. The van der Waals surface area contributed by atoms with Crippen LogP contribution in [0.3, 0.4) is 0 Å². The smallest absolute Gasteiger partial charge is 0.393 e. The molecule has 7 heteroatoms. The van der Waals surface area contributed by atoms with E-state index in [1.165, 1.54) is 12.1 Å². The Morgan fingerprint density at radius 2 is 2.00 bits per heavy atom. The number of carbonyl (C=O) groups excluding carboxylic acids is 1. The summed E-state index contributed by atoms with van der Waals surface area (Å²) in [4.78, 5) is 11.5. The molecule has 4 nitrogen and oxygen atoms in total. The van der Waals surface area contributed by atoms with Crippen molar-refractivity contribution in [1.29, 1.82) is 0 Å². The van der Waals surface area contributed by atoms with Gasteiger partial charge in [-0.25, -0.2) is 4.79 Å². The molecular formula is C12H13F3N2O2. The number of aliphatic hydroxyl groups excluding tert-OH is 1. The minimum absolute atomic E-state index is 0.0761. The molecule has 0 saturated heterocycles. The third-order valence-electron chi connectivity index (χ3n) is 2.90. The molecule has 0 heterocycles. The fourth-order valence-electron chi connectivity index (χ4n) is 1.83. The summed E-state index contributed by atoms with van der Waals surface area (Å²) in [6.07, 6.45) is -3.91. The Balaban J connectivity index is 1.93. The molecule has 19 heavy (non-hydrogen) atoms. The van der Waals surface area contributed by atoms with E-state index in [4.69, 9.17) is 5.11 Å². The Kier molecular flexibility index (Phi) is 3.66. The Hall–Kier alpha value is -1.76. The van der Waals surface area contributed by atoms with Gasteiger partial charge < -0.3 is 15.7 Å². The summed E-state index contributed by atoms with van der Waals surface area (Å²) in [7, 11) is 0. The van der Waals surface area contributed by atoms with Gasteiger partial charge in [0.05, 0.1) is 11.7 Å². The molecule has 1 aliphatic rings. The van der Waals surface area contributed by atoms with Crippen LogP contribution in [-0.4, -0.2) is 23.3 Å². The van der Waals surface area contributed by atoms with Crippen molar-refractivity contribution in [2.45, 2.75) is 31.2 Å². The predicted molar refractivity (Wildman–Crippen MR) is 62.6 cm³/mol. The Bertz CT molecular complexity index is 470. The summed E-state index contributed by atoms with van der Waals surface area (Å²) in [5.41, 5.74) is -0.739. The molecule has 0 spiro atoms. The first kappa shape index (κ1) is 13.7. The van der Waals surface area contributed by atoms with Crippen LogP contribution in [0.5, 0.6) is 0 Å². The Labute approximate surface area is 107 Å². The van der Waals surface area contributed by atoms with Crippen molar-refractivity contribution in [1.82, 2.24) is 5.32 Å². The van der Waals surface area contributed by atoms with E-state index in [9.17, 15) is 18.0 Å². The molecule has 2 amide bonds. The van der Waals surface area contributed by atoms with Gasteiger partial charge in [-0.3, -0.25) is 0 Å². The maximum atomic E-state index is 12.5. The van der Waals surface area contributed by atoms with Gasteiger partial charge in [-0.05, 0) is 31.0 Å². The van der Waals surface area contributed by atoms with Gasteiger partial charge in [-0.1, -0.05) is 6.07 Å². The third-order valence-corrected chi connectivity index (χ3v) is 2.90. The molecule has 0 aliphatic heterocycles. The number of aliphatic hydroxyl groups is 1. The first-order valence-corrected chi connectivity index (χ1v) is 5.77. The van der Waals surface area contributed by atoms with Gasteiger partial charge in [0, 0.05) is 11.7 Å². The lowest BCUT2D eigenvalue weighted by Crippen LogP contribution is -2.48. The SMILES string of the molecule is O=C(Nc1cccc(C(F)(F)F)c1)NC1CC(O)C1. The fraction of sp³-hybridized carbons (Fsp3) is 0.417. The van der Waals surface area contributed by atoms with Crippen LogP contribution in [0.25, 0.3) is 0 Å². The lowest BCUT2D eigenvalue weighted by atomic mass is 9.90. The number of hydrogen-bond acceptors (Lipinski definition) is 2. The van der Waals surface area contributed by atoms with Crippen LogP contribution in [-0.2, 0) is 6.18 Å². The number of nitrogens with one attached hydrogen (secondary N) is 2. The molecule has 0 atom stereocenters. The lowest BCUT2D eigenvalue weighted by molar-refractivity contribution is -0.137. The van der Waals surface area contributed by atoms with E-state index >= 15 is 0 Å². The second kappa shape index (κ2) is 5.08. The monoisotopic (exact) mass is 274 g/mol. The molecule has 2 rings (SSSR count). The highest BCUT2D eigenvalue weighted by Gasteiger charge is 2.31. The lowest BCUT2D eigenvalue weighted by Gasteiger charge is -2.31. The molecule has 0 radical (unpaired) electrons. The van der Waals surface area contributed by atoms with E-state index in [0.717, 1.165) is 12.1 Å². The van der Waals surface area contributed by atoms with Crippen molar-refractivity contribution in [3.05, 3.63) is 29.8 Å². The van der Waals surface area contributed by atoms with Gasteiger partial charge >= 0.3 is 12.2 Å². The van der Waals surface area contributed by atoms with E-state index in [1.54, 1.807) is 0 Å². The van der Waals surface area contributed by atoms with Crippen molar-refractivity contribution < 1.29 is 23.1 Å². The van der Waals surface area contributed by atoms with E-state index in [2.05, 4.69) is 10.6 Å². The van der Waals surface area contributed by atoms with Crippen molar-refractivity contribution >= 4 is 11.7 Å². The van der Waals surface area contributed by atoms with Crippen molar-refractivity contribution in [2.75, 3.05) is 5.32 Å². The van der Waals surface area contributed by atoms with Crippen molar-refractivity contribution in [2.24, 2.45) is 0 Å². The average Bonchev–Trinajstić information content (AvgIpc) is 2.26. The highest BCUT2D eigenvalue weighted by atomic mass is 19.4. The highest BCUT2D eigenvalue weighted by Crippen LogP contribution is 2.30. The molecule has 1 aromatic carbocycles. The predicted octanol–water partition coefficient (Wildman–Crippen LogP) is 2.35. The van der Waals surface area contributed by atoms with Crippen LogP contribution in [0, 0.1) is 0 Å². The third kappa shape index (κ3) is 3.60. The van der Waals surface area contributed by atoms with Crippen LogP contribution in [0.4, 0.5) is 23.7 Å². The summed E-state index contributed by atoms with van der Waals surface area (Å²) < 4.78 is 37.4. The van der Waals surface area contributed by atoms with Crippen LogP contribution < -0.4 is 10.6 Å². The van der Waals surface area contributed by atoms with E-state index < -0.39 is 23.9 Å². The van der Waals surface area contributed by atoms with Crippen LogP contribution in [0.15, 0.2) is 24.3 Å². The van der Waals surface area contributed by atoms with Crippen molar-refractivity contribution in [3.63, 3.8) is 0 Å². The largest absolute Gasteiger partial charge is 0.416 e. The van der Waals surface area contributed by atoms with E-state index in [-0.39, 0.29) is 11.7 Å². The normalized spacial score (nSPS) is 22.5. The standard InChI is InChI=1S/C12H13F3N2O2/c13-12(14,15)7-2-1-3-8(4-7)16-11(19)17-9-5-10(18)6-9/h1-4,9-10,18H,5-6H2,(H2,16,17,19). The molecule has 1 aliphatic carbocycles. The summed E-state index contributed by atoms with van der Waals surface area (Å²) in [6.45, 7) is 0. The van der Waals surface area contributed by atoms with Crippen LogP contribution in [0.1, 0.15) is 18.4 Å².